The highest BCUT2D eigenvalue weighted by atomic mass is 16.5. The lowest BCUT2D eigenvalue weighted by Crippen LogP contribution is -2.44. The van der Waals surface area contributed by atoms with E-state index in [0.29, 0.717) is 43.4 Å². The molecule has 1 aliphatic heterocycles. The van der Waals surface area contributed by atoms with Gasteiger partial charge in [0.15, 0.2) is 11.6 Å². The van der Waals surface area contributed by atoms with E-state index in [0.717, 1.165) is 28.2 Å². The number of rotatable bonds is 5. The molecular weight excluding hydrogens is 502 g/mol. The number of nitrogens with zero attached hydrogens (tertiary/aromatic N) is 1. The molecule has 2 aromatic carbocycles. The summed E-state index contributed by atoms with van der Waals surface area (Å²) in [5.74, 6) is -0.697. The van der Waals surface area contributed by atoms with Crippen LogP contribution in [0.5, 0.6) is 5.75 Å². The third-order valence-corrected chi connectivity index (χ3v) is 7.96. The van der Waals surface area contributed by atoms with Crippen LogP contribution in [0.3, 0.4) is 0 Å². The SMILES string of the molecule is CCOC(=O)/C=C/c1ccc(N2C3=C(C(=O)CC(C)(C)C3)C(c3cccc(O)c3)C3=C2CC(C)(C)CC3=O)cc1. The molecule has 2 aliphatic carbocycles. The van der Waals surface area contributed by atoms with Crippen LogP contribution in [0.1, 0.15) is 77.3 Å². The van der Waals surface area contributed by atoms with Crippen LogP contribution in [0.15, 0.2) is 77.1 Å². The Bertz CT molecular complexity index is 1420. The summed E-state index contributed by atoms with van der Waals surface area (Å²) in [6.07, 6.45) is 5.28. The predicted octanol–water partition coefficient (Wildman–Crippen LogP) is 6.86. The highest BCUT2D eigenvalue weighted by Crippen LogP contribution is 2.55. The maximum atomic E-state index is 13.9. The van der Waals surface area contributed by atoms with Crippen molar-refractivity contribution in [2.45, 2.75) is 66.2 Å². The Morgan fingerprint density at radius 3 is 2.02 bits per heavy atom. The van der Waals surface area contributed by atoms with Gasteiger partial charge in [0, 0.05) is 53.1 Å². The first-order valence-electron chi connectivity index (χ1n) is 14.0. The summed E-state index contributed by atoms with van der Waals surface area (Å²) >= 11 is 0. The average molecular weight is 540 g/mol. The van der Waals surface area contributed by atoms with E-state index in [1.807, 2.05) is 30.3 Å². The van der Waals surface area contributed by atoms with Crippen LogP contribution in [0.2, 0.25) is 0 Å². The van der Waals surface area contributed by atoms with E-state index in [1.54, 1.807) is 31.2 Å². The van der Waals surface area contributed by atoms with Crippen LogP contribution < -0.4 is 4.90 Å². The lowest BCUT2D eigenvalue weighted by molar-refractivity contribution is -0.137. The van der Waals surface area contributed by atoms with Gasteiger partial charge in [-0.3, -0.25) is 9.59 Å². The minimum atomic E-state index is -0.507. The quantitative estimate of drug-likeness (QED) is 0.330. The zero-order valence-electron chi connectivity index (χ0n) is 23.9. The molecule has 0 unspecified atom stereocenters. The molecule has 2 aromatic rings. The number of ether oxygens (including phenoxy) is 1. The van der Waals surface area contributed by atoms with E-state index in [9.17, 15) is 19.5 Å². The van der Waals surface area contributed by atoms with Gasteiger partial charge in [-0.05, 0) is 72.1 Å². The van der Waals surface area contributed by atoms with Crippen molar-refractivity contribution in [3.63, 3.8) is 0 Å². The van der Waals surface area contributed by atoms with E-state index in [1.165, 1.54) is 6.08 Å². The molecule has 0 aromatic heterocycles. The van der Waals surface area contributed by atoms with Crippen LogP contribution in [0.4, 0.5) is 5.69 Å². The van der Waals surface area contributed by atoms with Crippen molar-refractivity contribution >= 4 is 29.3 Å². The molecule has 3 aliphatic rings. The fraction of sp³-hybridized carbons (Fsp3) is 0.382. The zero-order chi connectivity index (χ0) is 28.8. The lowest BCUT2D eigenvalue weighted by Gasteiger charge is -2.49. The Morgan fingerprint density at radius 2 is 1.50 bits per heavy atom. The number of esters is 1. The number of allylic oxidation sites excluding steroid dienone is 4. The highest BCUT2D eigenvalue weighted by molar-refractivity contribution is 6.08. The fourth-order valence-electron chi connectivity index (χ4n) is 6.40. The summed E-state index contributed by atoms with van der Waals surface area (Å²) in [6, 6.07) is 14.8. The Kier molecular flexibility index (Phi) is 7.07. The molecule has 0 bridgehead atoms. The van der Waals surface area contributed by atoms with Crippen molar-refractivity contribution in [1.82, 2.24) is 0 Å². The summed E-state index contributed by atoms with van der Waals surface area (Å²) in [4.78, 5) is 41.8. The number of carbonyl (C=O) groups excluding carboxylic acids is 3. The van der Waals surface area contributed by atoms with E-state index < -0.39 is 11.9 Å². The topological polar surface area (TPSA) is 83.9 Å². The Morgan fingerprint density at radius 1 is 0.925 bits per heavy atom. The molecule has 0 saturated carbocycles. The van der Waals surface area contributed by atoms with Gasteiger partial charge in [0.25, 0.3) is 0 Å². The Balaban J connectivity index is 1.70. The number of phenolic OH excluding ortho intramolecular Hbond substituents is 1. The second kappa shape index (κ2) is 10.2. The molecule has 0 saturated heterocycles. The third-order valence-electron chi connectivity index (χ3n) is 7.96. The first-order valence-corrected chi connectivity index (χ1v) is 14.0. The van der Waals surface area contributed by atoms with Gasteiger partial charge < -0.3 is 14.7 Å². The smallest absolute Gasteiger partial charge is 0.330 e. The maximum Gasteiger partial charge on any atom is 0.330 e. The first kappa shape index (κ1) is 27.6. The summed E-state index contributed by atoms with van der Waals surface area (Å²) in [7, 11) is 0. The minimum absolute atomic E-state index is 0.0442. The maximum absolute atomic E-state index is 13.9. The van der Waals surface area contributed by atoms with Crippen LogP contribution >= 0.6 is 0 Å². The molecule has 0 radical (unpaired) electrons. The van der Waals surface area contributed by atoms with Crippen molar-refractivity contribution < 1.29 is 24.2 Å². The monoisotopic (exact) mass is 539 g/mol. The van der Waals surface area contributed by atoms with E-state index in [-0.39, 0.29) is 28.1 Å². The van der Waals surface area contributed by atoms with Crippen LogP contribution in [0, 0.1) is 10.8 Å². The highest BCUT2D eigenvalue weighted by Gasteiger charge is 2.49. The second-order valence-electron chi connectivity index (χ2n) is 12.6. The van der Waals surface area contributed by atoms with Crippen molar-refractivity contribution in [3.05, 3.63) is 88.3 Å². The molecule has 0 fully saturated rings. The van der Waals surface area contributed by atoms with Gasteiger partial charge in [-0.15, -0.1) is 0 Å². The number of Topliss-reactive ketones (excluding diaryl/α,β-unsaturated/α-hetero) is 2. The zero-order valence-corrected chi connectivity index (χ0v) is 23.9. The molecule has 1 N–H and O–H groups in total. The van der Waals surface area contributed by atoms with Crippen LogP contribution in [-0.2, 0) is 19.1 Å². The number of phenols is 1. The van der Waals surface area contributed by atoms with Gasteiger partial charge in [0.2, 0.25) is 0 Å². The molecule has 6 heteroatoms. The second-order valence-corrected chi connectivity index (χ2v) is 12.6. The molecule has 0 amide bonds. The molecular formula is C34H37NO5. The van der Waals surface area contributed by atoms with Gasteiger partial charge in [0.1, 0.15) is 5.75 Å². The number of hydrogen-bond acceptors (Lipinski definition) is 6. The van der Waals surface area contributed by atoms with Gasteiger partial charge in [-0.25, -0.2) is 4.79 Å². The standard InChI is InChI=1S/C34H37NO5/c1-6-40-29(39)15-12-21-10-13-23(14-11-21)35-25-17-33(2,3)19-27(37)31(25)30(22-8-7-9-24(36)16-22)32-26(35)18-34(4,5)20-28(32)38/h7-16,30,36H,6,17-20H2,1-5H3/b15-12+. The van der Waals surface area contributed by atoms with Crippen molar-refractivity contribution in [3.8, 4) is 5.75 Å². The van der Waals surface area contributed by atoms with E-state index >= 15 is 0 Å². The fourth-order valence-corrected chi connectivity index (χ4v) is 6.40. The Labute approximate surface area is 236 Å². The Hall–Kier alpha value is -3.93. The number of anilines is 1. The summed E-state index contributed by atoms with van der Waals surface area (Å²) in [5, 5.41) is 10.4. The molecule has 1 heterocycles. The number of benzene rings is 2. The van der Waals surface area contributed by atoms with E-state index in [2.05, 4.69) is 32.6 Å². The largest absolute Gasteiger partial charge is 0.508 e. The molecule has 0 atom stereocenters. The summed E-state index contributed by atoms with van der Waals surface area (Å²) in [6.45, 7) is 10.5. The predicted molar refractivity (Wildman–Crippen MR) is 156 cm³/mol. The van der Waals surface area contributed by atoms with Crippen LogP contribution in [-0.4, -0.2) is 29.2 Å². The summed E-state index contributed by atoms with van der Waals surface area (Å²) < 4.78 is 4.99. The number of hydrogen-bond donors (Lipinski definition) is 1. The van der Waals surface area contributed by atoms with Crippen LogP contribution in [0.25, 0.3) is 6.08 Å². The van der Waals surface area contributed by atoms with Crippen molar-refractivity contribution in [1.29, 1.82) is 0 Å². The molecule has 6 nitrogen and oxygen atoms in total. The average Bonchev–Trinajstić information content (AvgIpc) is 2.85. The van der Waals surface area contributed by atoms with E-state index in [4.69, 9.17) is 4.74 Å². The van der Waals surface area contributed by atoms with Gasteiger partial charge in [0.05, 0.1) is 6.61 Å². The van der Waals surface area contributed by atoms with Gasteiger partial charge in [-0.2, -0.15) is 0 Å². The normalized spacial score (nSPS) is 20.6. The first-order chi connectivity index (χ1) is 18.9. The van der Waals surface area contributed by atoms with Gasteiger partial charge in [-0.1, -0.05) is 52.0 Å². The molecule has 208 valence electrons. The van der Waals surface area contributed by atoms with Gasteiger partial charge >= 0.3 is 5.97 Å². The minimum Gasteiger partial charge on any atom is -0.508 e. The number of carbonyl (C=O) groups is 3. The lowest BCUT2D eigenvalue weighted by atomic mass is 9.63. The third kappa shape index (κ3) is 5.27. The summed E-state index contributed by atoms with van der Waals surface area (Å²) in [5.41, 5.74) is 5.15. The molecule has 5 rings (SSSR count). The molecule has 40 heavy (non-hydrogen) atoms. The van der Waals surface area contributed by atoms with Crippen molar-refractivity contribution in [2.24, 2.45) is 10.8 Å². The number of ketones is 2. The molecule has 0 spiro atoms. The number of aromatic hydroxyl groups is 1. The van der Waals surface area contributed by atoms with Crippen molar-refractivity contribution in [2.75, 3.05) is 11.5 Å².